The first-order chi connectivity index (χ1) is 13.1. The Morgan fingerprint density at radius 1 is 1.33 bits per heavy atom. The third kappa shape index (κ3) is 2.76. The highest BCUT2D eigenvalue weighted by atomic mass is 35.5. The van der Waals surface area contributed by atoms with Crippen LogP contribution in [0.25, 0.3) is 21.3 Å². The minimum atomic E-state index is 0.0238. The summed E-state index contributed by atoms with van der Waals surface area (Å²) in [7, 11) is 0. The number of aliphatic hydroxyl groups is 1. The van der Waals surface area contributed by atoms with Crippen LogP contribution in [0.5, 0.6) is 5.75 Å². The van der Waals surface area contributed by atoms with Crippen molar-refractivity contribution in [1.29, 1.82) is 0 Å². The number of aryl methyl sites for hydroxylation is 1. The van der Waals surface area contributed by atoms with E-state index < -0.39 is 0 Å². The Bertz CT molecular complexity index is 1020. The lowest BCUT2D eigenvalue weighted by molar-refractivity contribution is -0.0807. The van der Waals surface area contributed by atoms with E-state index in [9.17, 15) is 5.11 Å². The molecule has 2 aliphatic rings. The van der Waals surface area contributed by atoms with Crippen LogP contribution < -0.4 is 10.1 Å². The average molecular weight is 401 g/mol. The second-order valence-electron chi connectivity index (χ2n) is 7.65. The molecule has 1 saturated carbocycles. The first-order valence-electron chi connectivity index (χ1n) is 9.26. The number of nitrogens with zero attached hydrogens (tertiary/aromatic N) is 1. The number of thiophene rings is 1. The molecule has 0 bridgehead atoms. The van der Waals surface area contributed by atoms with E-state index in [2.05, 4.69) is 17.2 Å². The predicted molar refractivity (Wildman–Crippen MR) is 110 cm³/mol. The van der Waals surface area contributed by atoms with Crippen LogP contribution >= 0.6 is 22.9 Å². The summed E-state index contributed by atoms with van der Waals surface area (Å²) in [5.41, 5.74) is 4.33. The van der Waals surface area contributed by atoms with Gasteiger partial charge in [0.2, 0.25) is 0 Å². The van der Waals surface area contributed by atoms with Crippen LogP contribution in [0.2, 0.25) is 5.02 Å². The summed E-state index contributed by atoms with van der Waals surface area (Å²) < 4.78 is 7.65. The molecule has 2 aromatic heterocycles. The van der Waals surface area contributed by atoms with Gasteiger partial charge in [-0.2, -0.15) is 0 Å². The number of halogens is 1. The van der Waals surface area contributed by atoms with Crippen LogP contribution in [-0.2, 0) is 6.61 Å². The van der Waals surface area contributed by atoms with E-state index in [1.165, 1.54) is 6.42 Å². The van der Waals surface area contributed by atoms with Gasteiger partial charge in [-0.3, -0.25) is 4.98 Å². The molecule has 3 aromatic rings. The van der Waals surface area contributed by atoms with Crippen LogP contribution in [0.1, 0.15) is 23.3 Å². The van der Waals surface area contributed by atoms with Gasteiger partial charge in [-0.15, -0.1) is 11.3 Å². The van der Waals surface area contributed by atoms with E-state index in [-0.39, 0.29) is 12.7 Å². The SMILES string of the molecule is Cc1cc(Cl)cc(-c2ccnc3cc(CO)sc23)c1OC1CCC12CNC2. The molecule has 0 radical (unpaired) electrons. The molecule has 27 heavy (non-hydrogen) atoms. The Hall–Kier alpha value is -1.66. The summed E-state index contributed by atoms with van der Waals surface area (Å²) in [6, 6.07) is 7.92. The van der Waals surface area contributed by atoms with E-state index in [0.29, 0.717) is 10.4 Å². The number of aromatic nitrogens is 1. The minimum Gasteiger partial charge on any atom is -0.489 e. The van der Waals surface area contributed by atoms with Crippen molar-refractivity contribution in [3.8, 4) is 16.9 Å². The maximum Gasteiger partial charge on any atom is 0.130 e. The number of aliphatic hydroxyl groups excluding tert-OH is 1. The van der Waals surface area contributed by atoms with Crippen LogP contribution in [-0.4, -0.2) is 29.3 Å². The standard InChI is InChI=1S/C21H21ClN2O2S/c1-12-6-13(22)7-16(19(12)26-18-2-4-21(18)10-23-11-21)15-3-5-24-17-8-14(9-25)27-20(15)17/h3,5-8,18,23,25H,2,4,9-11H2,1H3. The van der Waals surface area contributed by atoms with Crippen molar-refractivity contribution < 1.29 is 9.84 Å². The molecule has 1 spiro atoms. The highest BCUT2D eigenvalue weighted by Crippen LogP contribution is 2.49. The third-order valence-corrected chi connectivity index (χ3v) is 7.31. The summed E-state index contributed by atoms with van der Waals surface area (Å²) in [6.45, 7) is 4.17. The summed E-state index contributed by atoms with van der Waals surface area (Å²) >= 11 is 7.99. The molecule has 0 amide bonds. The number of ether oxygens (including phenoxy) is 1. The van der Waals surface area contributed by atoms with Gasteiger partial charge >= 0.3 is 0 Å². The molecule has 2 fully saturated rings. The van der Waals surface area contributed by atoms with Gasteiger partial charge in [0.15, 0.2) is 0 Å². The van der Waals surface area contributed by atoms with Crippen LogP contribution in [0.4, 0.5) is 0 Å². The van der Waals surface area contributed by atoms with Gasteiger partial charge in [0.25, 0.3) is 0 Å². The molecule has 2 N–H and O–H groups in total. The van der Waals surface area contributed by atoms with Gasteiger partial charge in [0.1, 0.15) is 11.9 Å². The first-order valence-corrected chi connectivity index (χ1v) is 10.5. The second-order valence-corrected chi connectivity index (χ2v) is 9.23. The quantitative estimate of drug-likeness (QED) is 0.674. The summed E-state index contributed by atoms with van der Waals surface area (Å²) in [6.07, 6.45) is 4.40. The van der Waals surface area contributed by atoms with E-state index in [4.69, 9.17) is 16.3 Å². The number of hydrogen-bond donors (Lipinski definition) is 2. The number of rotatable bonds is 4. The largest absolute Gasteiger partial charge is 0.489 e. The molecular formula is C21H21ClN2O2S. The molecule has 3 heterocycles. The van der Waals surface area contributed by atoms with Gasteiger partial charge in [-0.25, -0.2) is 0 Å². The molecule has 1 saturated heterocycles. The maximum atomic E-state index is 9.52. The van der Waals surface area contributed by atoms with E-state index in [1.807, 2.05) is 30.5 Å². The molecule has 5 rings (SSSR count). The van der Waals surface area contributed by atoms with Crippen molar-refractivity contribution >= 4 is 33.2 Å². The Balaban J connectivity index is 1.63. The van der Waals surface area contributed by atoms with Gasteiger partial charge in [0, 0.05) is 45.7 Å². The Labute approximate surface area is 167 Å². The molecule has 140 valence electrons. The third-order valence-electron chi connectivity index (χ3n) is 5.95. The lowest BCUT2D eigenvalue weighted by Crippen LogP contribution is -2.66. The van der Waals surface area contributed by atoms with E-state index >= 15 is 0 Å². The van der Waals surface area contributed by atoms with Crippen LogP contribution in [0, 0.1) is 12.3 Å². The highest BCUT2D eigenvalue weighted by Gasteiger charge is 2.52. The summed E-state index contributed by atoms with van der Waals surface area (Å²) in [5, 5.41) is 13.6. The van der Waals surface area contributed by atoms with Crippen molar-refractivity contribution in [2.24, 2.45) is 5.41 Å². The average Bonchev–Trinajstić information content (AvgIpc) is 3.01. The van der Waals surface area contributed by atoms with Crippen molar-refractivity contribution in [2.45, 2.75) is 32.5 Å². The van der Waals surface area contributed by atoms with E-state index in [1.54, 1.807) is 11.3 Å². The molecule has 1 aliphatic heterocycles. The fourth-order valence-electron chi connectivity index (χ4n) is 4.21. The van der Waals surface area contributed by atoms with Crippen molar-refractivity contribution in [3.63, 3.8) is 0 Å². The molecule has 1 aliphatic carbocycles. The zero-order chi connectivity index (χ0) is 18.6. The van der Waals surface area contributed by atoms with Crippen LogP contribution in [0.3, 0.4) is 0 Å². The van der Waals surface area contributed by atoms with Crippen molar-refractivity contribution in [2.75, 3.05) is 13.1 Å². The fourth-order valence-corrected chi connectivity index (χ4v) is 5.49. The first kappa shape index (κ1) is 17.4. The monoisotopic (exact) mass is 400 g/mol. The number of pyridine rings is 1. The fraction of sp³-hybridized carbons (Fsp3) is 0.381. The molecule has 1 unspecified atom stereocenters. The molecule has 1 atom stereocenters. The zero-order valence-corrected chi connectivity index (χ0v) is 16.7. The highest BCUT2D eigenvalue weighted by molar-refractivity contribution is 7.19. The van der Waals surface area contributed by atoms with Gasteiger partial charge in [0.05, 0.1) is 16.8 Å². The smallest absolute Gasteiger partial charge is 0.130 e. The second kappa shape index (κ2) is 6.45. The normalized spacial score (nSPS) is 20.5. The van der Waals surface area contributed by atoms with Crippen molar-refractivity contribution in [1.82, 2.24) is 10.3 Å². The molecule has 6 heteroatoms. The lowest BCUT2D eigenvalue weighted by Gasteiger charge is -2.55. The van der Waals surface area contributed by atoms with Gasteiger partial charge < -0.3 is 15.2 Å². The van der Waals surface area contributed by atoms with Crippen molar-refractivity contribution in [3.05, 3.63) is 45.9 Å². The molecular weight excluding hydrogens is 380 g/mol. The number of fused-ring (bicyclic) bond motifs is 1. The Kier molecular flexibility index (Phi) is 4.17. The maximum absolute atomic E-state index is 9.52. The molecule has 4 nitrogen and oxygen atoms in total. The van der Waals surface area contributed by atoms with Gasteiger partial charge in [-0.05, 0) is 49.6 Å². The predicted octanol–water partition coefficient (Wildman–Crippen LogP) is 4.55. The topological polar surface area (TPSA) is 54.4 Å². The summed E-state index contributed by atoms with van der Waals surface area (Å²) in [4.78, 5) is 5.37. The zero-order valence-electron chi connectivity index (χ0n) is 15.1. The van der Waals surface area contributed by atoms with E-state index in [0.717, 1.165) is 57.0 Å². The van der Waals surface area contributed by atoms with Crippen LogP contribution in [0.15, 0.2) is 30.5 Å². The minimum absolute atomic E-state index is 0.0238. The number of benzene rings is 1. The van der Waals surface area contributed by atoms with Gasteiger partial charge in [-0.1, -0.05) is 11.6 Å². The number of hydrogen-bond acceptors (Lipinski definition) is 5. The Morgan fingerprint density at radius 2 is 2.19 bits per heavy atom. The number of nitrogens with one attached hydrogen (secondary N) is 1. The molecule has 1 aromatic carbocycles. The Morgan fingerprint density at radius 3 is 2.85 bits per heavy atom. The summed E-state index contributed by atoms with van der Waals surface area (Å²) in [5.74, 6) is 0.918. The lowest BCUT2D eigenvalue weighted by atomic mass is 9.62.